The molecule has 1 unspecified atom stereocenters. The van der Waals surface area contributed by atoms with E-state index in [4.69, 9.17) is 14.2 Å². The summed E-state index contributed by atoms with van der Waals surface area (Å²) in [5.41, 5.74) is 0. The van der Waals surface area contributed by atoms with Gasteiger partial charge in [0.1, 0.15) is 13.2 Å². The molecule has 0 saturated carbocycles. The van der Waals surface area contributed by atoms with Gasteiger partial charge in [-0.15, -0.1) is 0 Å². The number of hydrogen-bond donors (Lipinski definition) is 0. The van der Waals surface area contributed by atoms with E-state index in [0.717, 1.165) is 135 Å². The Labute approximate surface area is 450 Å². The average molecular weight is 1010 g/mol. The van der Waals surface area contributed by atoms with Crippen molar-refractivity contribution in [2.24, 2.45) is 0 Å². The molecule has 0 N–H and O–H groups in total. The first kappa shape index (κ1) is 69.1. The van der Waals surface area contributed by atoms with Crippen LogP contribution in [0.5, 0.6) is 0 Å². The summed E-state index contributed by atoms with van der Waals surface area (Å²) in [6, 6.07) is 0. The Bertz CT molecular complexity index is 1490. The molecule has 0 aliphatic heterocycles. The van der Waals surface area contributed by atoms with Gasteiger partial charge in [-0.2, -0.15) is 0 Å². The second kappa shape index (κ2) is 60.6. The summed E-state index contributed by atoms with van der Waals surface area (Å²) in [6.45, 7) is 6.39. The van der Waals surface area contributed by atoms with Crippen molar-refractivity contribution in [3.8, 4) is 0 Å². The van der Waals surface area contributed by atoms with Gasteiger partial charge in [-0.3, -0.25) is 14.4 Å². The van der Waals surface area contributed by atoms with Crippen LogP contribution in [0.3, 0.4) is 0 Å². The highest BCUT2D eigenvalue weighted by Gasteiger charge is 2.19. The van der Waals surface area contributed by atoms with Crippen LogP contribution < -0.4 is 0 Å². The average Bonchev–Trinajstić information content (AvgIpc) is 3.39. The number of unbranched alkanes of at least 4 members (excludes halogenated alkanes) is 25. The van der Waals surface area contributed by atoms with Crippen LogP contribution in [-0.2, 0) is 28.6 Å². The highest BCUT2D eigenvalue weighted by molar-refractivity contribution is 5.71. The van der Waals surface area contributed by atoms with E-state index in [1.807, 2.05) is 0 Å². The van der Waals surface area contributed by atoms with E-state index in [2.05, 4.69) is 130 Å². The number of allylic oxidation sites excluding steroid dienone is 18. The molecule has 6 nitrogen and oxygen atoms in total. The Morgan fingerprint density at radius 2 is 0.534 bits per heavy atom. The fraction of sp³-hybridized carbons (Fsp3) is 0.687. The molecule has 73 heavy (non-hydrogen) atoms. The molecule has 0 rings (SSSR count). The maximum Gasteiger partial charge on any atom is 0.306 e. The van der Waals surface area contributed by atoms with E-state index < -0.39 is 6.10 Å². The lowest BCUT2D eigenvalue weighted by atomic mass is 10.0. The molecule has 416 valence electrons. The van der Waals surface area contributed by atoms with Gasteiger partial charge in [0.15, 0.2) is 6.10 Å². The lowest BCUT2D eigenvalue weighted by Crippen LogP contribution is -2.30. The number of carbonyl (C=O) groups is 3. The van der Waals surface area contributed by atoms with Gasteiger partial charge in [-0.05, 0) is 103 Å². The lowest BCUT2D eigenvalue weighted by molar-refractivity contribution is -0.167. The van der Waals surface area contributed by atoms with Crippen molar-refractivity contribution in [3.63, 3.8) is 0 Å². The van der Waals surface area contributed by atoms with E-state index in [9.17, 15) is 14.4 Å². The Hall–Kier alpha value is -3.93. The predicted octanol–water partition coefficient (Wildman–Crippen LogP) is 20.7. The van der Waals surface area contributed by atoms with Crippen LogP contribution in [0.1, 0.15) is 278 Å². The van der Waals surface area contributed by atoms with Crippen molar-refractivity contribution in [3.05, 3.63) is 109 Å². The van der Waals surface area contributed by atoms with Crippen molar-refractivity contribution < 1.29 is 28.6 Å². The summed E-state index contributed by atoms with van der Waals surface area (Å²) in [5.74, 6) is -0.932. The zero-order valence-electron chi connectivity index (χ0n) is 47.6. The summed E-state index contributed by atoms with van der Waals surface area (Å²) in [6.07, 6.45) is 82.3. The van der Waals surface area contributed by atoms with Gasteiger partial charge in [0.25, 0.3) is 0 Å². The Morgan fingerprint density at radius 3 is 0.849 bits per heavy atom. The molecule has 1 atom stereocenters. The van der Waals surface area contributed by atoms with Gasteiger partial charge >= 0.3 is 17.9 Å². The second-order valence-corrected chi connectivity index (χ2v) is 19.9. The normalized spacial score (nSPS) is 12.9. The van der Waals surface area contributed by atoms with Crippen molar-refractivity contribution in [2.75, 3.05) is 13.2 Å². The van der Waals surface area contributed by atoms with E-state index >= 15 is 0 Å². The molecule has 0 aromatic rings. The lowest BCUT2D eigenvalue weighted by Gasteiger charge is -2.18. The molecule has 0 radical (unpaired) electrons. The predicted molar refractivity (Wildman–Crippen MR) is 316 cm³/mol. The maximum absolute atomic E-state index is 12.9. The number of hydrogen-bond acceptors (Lipinski definition) is 6. The fourth-order valence-corrected chi connectivity index (χ4v) is 8.28. The number of ether oxygens (including phenoxy) is 3. The van der Waals surface area contributed by atoms with E-state index in [0.29, 0.717) is 19.3 Å². The minimum Gasteiger partial charge on any atom is -0.462 e. The van der Waals surface area contributed by atoms with Crippen LogP contribution in [0, 0.1) is 0 Å². The topological polar surface area (TPSA) is 78.9 Å². The maximum atomic E-state index is 12.9. The largest absolute Gasteiger partial charge is 0.462 e. The van der Waals surface area contributed by atoms with Gasteiger partial charge in [0, 0.05) is 19.3 Å². The van der Waals surface area contributed by atoms with Gasteiger partial charge < -0.3 is 14.2 Å². The SMILES string of the molecule is CC/C=C\C/C=C\C/C=C\C/C=C\C/C=C\C/C=C\CCCCCCCCC(=O)OCC(COC(=O)CCCCC/C=C\C/C=C\C/C=C\CC)OC(=O)CCCCCCCCCCCCCCCCCCC. The summed E-state index contributed by atoms with van der Waals surface area (Å²) in [5, 5.41) is 0. The van der Waals surface area contributed by atoms with E-state index in [-0.39, 0.29) is 31.1 Å². The third kappa shape index (κ3) is 58.8. The van der Waals surface area contributed by atoms with Gasteiger partial charge in [0.05, 0.1) is 0 Å². The third-order valence-corrected chi connectivity index (χ3v) is 12.8. The molecular formula is C67H112O6. The molecule has 0 aromatic carbocycles. The zero-order valence-corrected chi connectivity index (χ0v) is 47.6. The number of rotatable bonds is 54. The first-order valence-corrected chi connectivity index (χ1v) is 30.4. The van der Waals surface area contributed by atoms with Gasteiger partial charge in [-0.25, -0.2) is 0 Å². The van der Waals surface area contributed by atoms with Crippen molar-refractivity contribution in [2.45, 2.75) is 284 Å². The quantitative estimate of drug-likeness (QED) is 0.0261. The standard InChI is InChI=1S/C67H112O6/c1-4-7-10-13-16-19-22-25-27-29-30-31-32-33-34-35-36-38-39-42-45-48-51-54-57-60-66(69)72-63-64(62-71-65(68)59-56-53-50-47-44-41-24-21-18-15-12-9-6-3)73-67(70)61-58-55-52-49-46-43-40-37-28-26-23-20-17-14-11-8-5-2/h7,9-10,12,16,18-19,21,25,27,30-31,33-34,36,38,41,44,64H,4-6,8,11,13-15,17,20,22-24,26,28-29,32,35,37,39-40,42-43,45-63H2,1-3H3/b10-7-,12-9-,19-16-,21-18-,27-25-,31-30-,34-33-,38-36-,44-41-. The number of carbonyl (C=O) groups excluding carboxylic acids is 3. The summed E-state index contributed by atoms with van der Waals surface area (Å²) >= 11 is 0. The minimum atomic E-state index is -0.797. The van der Waals surface area contributed by atoms with Crippen LogP contribution in [0.4, 0.5) is 0 Å². The third-order valence-electron chi connectivity index (χ3n) is 12.8. The molecule has 0 heterocycles. The Kier molecular flexibility index (Phi) is 57.4. The fourth-order valence-electron chi connectivity index (χ4n) is 8.28. The van der Waals surface area contributed by atoms with Gasteiger partial charge in [0.2, 0.25) is 0 Å². The summed E-state index contributed by atoms with van der Waals surface area (Å²) < 4.78 is 16.9. The highest BCUT2D eigenvalue weighted by Crippen LogP contribution is 2.16. The first-order chi connectivity index (χ1) is 36.0. The summed E-state index contributed by atoms with van der Waals surface area (Å²) in [4.78, 5) is 38.2. The molecule has 6 heteroatoms. The molecule has 0 saturated heterocycles. The van der Waals surface area contributed by atoms with Crippen LogP contribution in [0.2, 0.25) is 0 Å². The molecule has 0 amide bonds. The molecule has 0 spiro atoms. The minimum absolute atomic E-state index is 0.0948. The smallest absolute Gasteiger partial charge is 0.306 e. The Balaban J connectivity index is 4.38. The van der Waals surface area contributed by atoms with Crippen molar-refractivity contribution >= 4 is 17.9 Å². The first-order valence-electron chi connectivity index (χ1n) is 30.4. The Morgan fingerprint density at radius 1 is 0.288 bits per heavy atom. The second-order valence-electron chi connectivity index (χ2n) is 19.9. The molecule has 0 fully saturated rings. The molecule has 0 aliphatic rings. The van der Waals surface area contributed by atoms with Crippen molar-refractivity contribution in [1.82, 2.24) is 0 Å². The molecule has 0 aromatic heterocycles. The van der Waals surface area contributed by atoms with E-state index in [1.54, 1.807) is 0 Å². The monoisotopic (exact) mass is 1010 g/mol. The van der Waals surface area contributed by atoms with E-state index in [1.165, 1.54) is 103 Å². The molecule has 0 bridgehead atoms. The van der Waals surface area contributed by atoms with Crippen LogP contribution in [0.15, 0.2) is 109 Å². The van der Waals surface area contributed by atoms with Crippen LogP contribution in [-0.4, -0.2) is 37.2 Å². The zero-order chi connectivity index (χ0) is 52.9. The molecular weight excluding hydrogens is 901 g/mol. The van der Waals surface area contributed by atoms with Gasteiger partial charge in [-0.1, -0.05) is 265 Å². The molecule has 0 aliphatic carbocycles. The summed E-state index contributed by atoms with van der Waals surface area (Å²) in [7, 11) is 0. The number of esters is 3. The van der Waals surface area contributed by atoms with Crippen LogP contribution >= 0.6 is 0 Å². The highest BCUT2D eigenvalue weighted by atomic mass is 16.6. The van der Waals surface area contributed by atoms with Crippen LogP contribution in [0.25, 0.3) is 0 Å². The van der Waals surface area contributed by atoms with Crippen molar-refractivity contribution in [1.29, 1.82) is 0 Å².